The van der Waals surface area contributed by atoms with Crippen LogP contribution in [-0.2, 0) is 11.2 Å². The van der Waals surface area contributed by atoms with E-state index >= 15 is 0 Å². The van der Waals surface area contributed by atoms with E-state index in [-0.39, 0.29) is 11.9 Å². The van der Waals surface area contributed by atoms with Crippen molar-refractivity contribution in [2.45, 2.75) is 25.8 Å². The van der Waals surface area contributed by atoms with Crippen LogP contribution in [0.5, 0.6) is 0 Å². The minimum atomic E-state index is -0.0551. The first-order chi connectivity index (χ1) is 10.6. The summed E-state index contributed by atoms with van der Waals surface area (Å²) in [4.78, 5) is 11.9. The monoisotopic (exact) mass is 357 g/mol. The van der Waals surface area contributed by atoms with Crippen LogP contribution in [0.15, 0.2) is 65.1 Å². The van der Waals surface area contributed by atoms with Gasteiger partial charge in [-0.2, -0.15) is 0 Å². The Bertz CT molecular complexity index is 637. The predicted molar refractivity (Wildman–Crippen MR) is 95.5 cm³/mol. The molecule has 0 radical (unpaired) electrons. The van der Waals surface area contributed by atoms with Gasteiger partial charge in [0, 0.05) is 16.6 Å². The SMILES string of the molecule is C[C@H](CCc1ccccc1)NC(=O)/C=C/c1cccc(Br)c1. The third-order valence-corrected chi connectivity index (χ3v) is 3.87. The van der Waals surface area contributed by atoms with Crippen molar-refractivity contribution in [1.82, 2.24) is 5.32 Å². The first-order valence-electron chi connectivity index (χ1n) is 7.41. The van der Waals surface area contributed by atoms with Crippen LogP contribution in [0.3, 0.4) is 0 Å². The molecule has 0 aliphatic rings. The number of aryl methyl sites for hydroxylation is 1. The lowest BCUT2D eigenvalue weighted by molar-refractivity contribution is -0.117. The van der Waals surface area contributed by atoms with Crippen LogP contribution in [0.2, 0.25) is 0 Å². The molecule has 22 heavy (non-hydrogen) atoms. The van der Waals surface area contributed by atoms with Gasteiger partial charge >= 0.3 is 0 Å². The number of carbonyl (C=O) groups excluding carboxylic acids is 1. The number of hydrogen-bond acceptors (Lipinski definition) is 1. The van der Waals surface area contributed by atoms with Gasteiger partial charge in [-0.3, -0.25) is 4.79 Å². The second-order valence-electron chi connectivity index (χ2n) is 5.32. The summed E-state index contributed by atoms with van der Waals surface area (Å²) >= 11 is 3.42. The Balaban J connectivity index is 1.78. The molecule has 2 aromatic rings. The second kappa shape index (κ2) is 8.54. The van der Waals surface area contributed by atoms with E-state index in [1.54, 1.807) is 6.08 Å². The first kappa shape index (κ1) is 16.5. The van der Waals surface area contributed by atoms with Gasteiger partial charge in [0.15, 0.2) is 0 Å². The quantitative estimate of drug-likeness (QED) is 0.752. The van der Waals surface area contributed by atoms with Crippen molar-refractivity contribution < 1.29 is 4.79 Å². The molecule has 0 aromatic heterocycles. The van der Waals surface area contributed by atoms with Gasteiger partial charge in [-0.15, -0.1) is 0 Å². The third kappa shape index (κ3) is 5.86. The lowest BCUT2D eigenvalue weighted by Crippen LogP contribution is -2.31. The fraction of sp³-hybridized carbons (Fsp3) is 0.211. The summed E-state index contributed by atoms with van der Waals surface area (Å²) in [5.74, 6) is -0.0551. The second-order valence-corrected chi connectivity index (χ2v) is 6.24. The van der Waals surface area contributed by atoms with Crippen LogP contribution in [0.25, 0.3) is 6.08 Å². The highest BCUT2D eigenvalue weighted by Gasteiger charge is 2.05. The molecule has 0 heterocycles. The average molecular weight is 358 g/mol. The summed E-state index contributed by atoms with van der Waals surface area (Å²) in [5.41, 5.74) is 2.30. The van der Waals surface area contributed by atoms with E-state index in [0.717, 1.165) is 22.9 Å². The molecular formula is C19H20BrNO. The van der Waals surface area contributed by atoms with E-state index < -0.39 is 0 Å². The summed E-state index contributed by atoms with van der Waals surface area (Å²) in [6.07, 6.45) is 5.31. The van der Waals surface area contributed by atoms with E-state index in [2.05, 4.69) is 33.4 Å². The Morgan fingerprint density at radius 2 is 1.95 bits per heavy atom. The molecule has 3 heteroatoms. The van der Waals surface area contributed by atoms with Crippen molar-refractivity contribution in [2.75, 3.05) is 0 Å². The standard InChI is InChI=1S/C19H20BrNO/c1-15(10-11-16-6-3-2-4-7-16)21-19(22)13-12-17-8-5-9-18(20)14-17/h2-9,12-15H,10-11H2,1H3,(H,21,22)/b13-12+/t15-/m1/s1. The van der Waals surface area contributed by atoms with Gasteiger partial charge in [0.05, 0.1) is 0 Å². The largest absolute Gasteiger partial charge is 0.350 e. The van der Waals surface area contributed by atoms with Crippen molar-refractivity contribution in [1.29, 1.82) is 0 Å². The summed E-state index contributed by atoms with van der Waals surface area (Å²) in [5, 5.41) is 3.00. The van der Waals surface area contributed by atoms with Gasteiger partial charge in [-0.05, 0) is 49.1 Å². The number of halogens is 1. The summed E-state index contributed by atoms with van der Waals surface area (Å²) < 4.78 is 1.01. The van der Waals surface area contributed by atoms with Crippen molar-refractivity contribution in [2.24, 2.45) is 0 Å². The molecule has 114 valence electrons. The average Bonchev–Trinajstić information content (AvgIpc) is 2.52. The summed E-state index contributed by atoms with van der Waals surface area (Å²) in [6, 6.07) is 18.3. The highest BCUT2D eigenvalue weighted by molar-refractivity contribution is 9.10. The van der Waals surface area contributed by atoms with Crippen molar-refractivity contribution in [3.8, 4) is 0 Å². The predicted octanol–water partition coefficient (Wildman–Crippen LogP) is 4.60. The van der Waals surface area contributed by atoms with E-state index in [1.165, 1.54) is 5.56 Å². The van der Waals surface area contributed by atoms with Crippen molar-refractivity contribution >= 4 is 27.9 Å². The van der Waals surface area contributed by atoms with Crippen LogP contribution < -0.4 is 5.32 Å². The van der Waals surface area contributed by atoms with E-state index in [9.17, 15) is 4.79 Å². The highest BCUT2D eigenvalue weighted by Crippen LogP contribution is 2.12. The summed E-state index contributed by atoms with van der Waals surface area (Å²) in [7, 11) is 0. The molecule has 2 rings (SSSR count). The molecule has 1 N–H and O–H groups in total. The number of carbonyl (C=O) groups is 1. The molecule has 1 atom stereocenters. The number of hydrogen-bond donors (Lipinski definition) is 1. The van der Waals surface area contributed by atoms with E-state index in [1.807, 2.05) is 55.5 Å². The molecule has 0 aliphatic carbocycles. The Labute approximate surface area is 140 Å². The molecule has 0 aliphatic heterocycles. The maximum atomic E-state index is 11.9. The lowest BCUT2D eigenvalue weighted by atomic mass is 10.1. The fourth-order valence-corrected chi connectivity index (χ4v) is 2.59. The molecule has 0 saturated heterocycles. The molecule has 0 bridgehead atoms. The van der Waals surface area contributed by atoms with Gasteiger partial charge in [0.2, 0.25) is 5.91 Å². The van der Waals surface area contributed by atoms with Gasteiger partial charge < -0.3 is 5.32 Å². The molecule has 2 aromatic carbocycles. The van der Waals surface area contributed by atoms with Crippen LogP contribution in [0.4, 0.5) is 0 Å². The van der Waals surface area contributed by atoms with Gasteiger partial charge in [0.1, 0.15) is 0 Å². The van der Waals surface area contributed by atoms with Gasteiger partial charge in [-0.1, -0.05) is 58.4 Å². The maximum Gasteiger partial charge on any atom is 0.244 e. The Hall–Kier alpha value is -1.87. The first-order valence-corrected chi connectivity index (χ1v) is 8.21. The van der Waals surface area contributed by atoms with Crippen molar-refractivity contribution in [3.63, 3.8) is 0 Å². The number of amides is 1. The van der Waals surface area contributed by atoms with Crippen LogP contribution >= 0.6 is 15.9 Å². The third-order valence-electron chi connectivity index (χ3n) is 3.37. The minimum Gasteiger partial charge on any atom is -0.350 e. The molecule has 1 amide bonds. The topological polar surface area (TPSA) is 29.1 Å². The molecular weight excluding hydrogens is 338 g/mol. The Kier molecular flexibility index (Phi) is 6.41. The lowest BCUT2D eigenvalue weighted by Gasteiger charge is -2.12. The molecule has 0 spiro atoms. The van der Waals surface area contributed by atoms with Gasteiger partial charge in [-0.25, -0.2) is 0 Å². The van der Waals surface area contributed by atoms with Crippen molar-refractivity contribution in [3.05, 3.63) is 76.3 Å². The molecule has 0 saturated carbocycles. The number of nitrogens with one attached hydrogen (secondary N) is 1. The minimum absolute atomic E-state index is 0.0551. The normalized spacial score (nSPS) is 12.3. The Morgan fingerprint density at radius 1 is 1.18 bits per heavy atom. The zero-order chi connectivity index (χ0) is 15.8. The highest BCUT2D eigenvalue weighted by atomic mass is 79.9. The molecule has 2 nitrogen and oxygen atoms in total. The summed E-state index contributed by atoms with van der Waals surface area (Å²) in [6.45, 7) is 2.04. The molecule has 0 unspecified atom stereocenters. The number of benzene rings is 2. The van der Waals surface area contributed by atoms with E-state index in [4.69, 9.17) is 0 Å². The zero-order valence-electron chi connectivity index (χ0n) is 12.6. The number of rotatable bonds is 6. The fourth-order valence-electron chi connectivity index (χ4n) is 2.17. The molecule has 0 fully saturated rings. The maximum absolute atomic E-state index is 11.9. The van der Waals surface area contributed by atoms with Crippen LogP contribution in [-0.4, -0.2) is 11.9 Å². The van der Waals surface area contributed by atoms with Crippen LogP contribution in [0, 0.1) is 0 Å². The van der Waals surface area contributed by atoms with E-state index in [0.29, 0.717) is 0 Å². The van der Waals surface area contributed by atoms with Crippen LogP contribution in [0.1, 0.15) is 24.5 Å². The Morgan fingerprint density at radius 3 is 2.68 bits per heavy atom. The zero-order valence-corrected chi connectivity index (χ0v) is 14.2. The smallest absolute Gasteiger partial charge is 0.244 e. The van der Waals surface area contributed by atoms with Gasteiger partial charge in [0.25, 0.3) is 0 Å².